The molecule has 0 spiro atoms. The number of aryl methyl sites for hydroxylation is 1. The summed E-state index contributed by atoms with van der Waals surface area (Å²) in [6, 6.07) is 7.54. The van der Waals surface area contributed by atoms with Crippen molar-refractivity contribution in [3.8, 4) is 6.07 Å². The monoisotopic (exact) mass is 276 g/mol. The first kappa shape index (κ1) is 13.6. The zero-order valence-electron chi connectivity index (χ0n) is 11.0. The van der Waals surface area contributed by atoms with Gasteiger partial charge >= 0.3 is 0 Å². The summed E-state index contributed by atoms with van der Waals surface area (Å²) in [5.74, 6) is 0. The van der Waals surface area contributed by atoms with Gasteiger partial charge in [0.05, 0.1) is 0 Å². The Hall–Kier alpha value is -1.80. The Bertz CT molecular complexity index is 669. The molecule has 1 aromatic carbocycles. The van der Waals surface area contributed by atoms with Crippen molar-refractivity contribution in [3.05, 3.63) is 34.2 Å². The Morgan fingerprint density at radius 2 is 2.21 bits per heavy atom. The van der Waals surface area contributed by atoms with Gasteiger partial charge in [0.2, 0.25) is 0 Å². The summed E-state index contributed by atoms with van der Waals surface area (Å²) in [6.45, 7) is 1.04. The number of nitrogens with zero attached hydrogens (tertiary/aromatic N) is 2. The van der Waals surface area contributed by atoms with Gasteiger partial charge in [-0.1, -0.05) is 6.07 Å². The number of allylic oxidation sites excluding steroid dienone is 1. The summed E-state index contributed by atoms with van der Waals surface area (Å²) < 4.78 is 22.8. The van der Waals surface area contributed by atoms with Gasteiger partial charge in [0, 0.05) is 25.5 Å². The quantitative estimate of drug-likeness (QED) is 0.775. The molecule has 0 saturated heterocycles. The molecule has 19 heavy (non-hydrogen) atoms. The van der Waals surface area contributed by atoms with Crippen LogP contribution in [-0.2, 0) is 16.3 Å². The number of rotatable bonds is 2. The van der Waals surface area contributed by atoms with Gasteiger partial charge in [-0.2, -0.15) is 5.26 Å². The van der Waals surface area contributed by atoms with Crippen molar-refractivity contribution in [1.82, 2.24) is 0 Å². The molecule has 0 aromatic heterocycles. The number of anilines is 1. The first-order chi connectivity index (χ1) is 8.91. The third-order valence-electron chi connectivity index (χ3n) is 3.26. The van der Waals surface area contributed by atoms with E-state index in [1.54, 1.807) is 6.07 Å². The number of benzene rings is 1. The molecule has 2 rings (SSSR count). The van der Waals surface area contributed by atoms with Gasteiger partial charge in [-0.25, -0.2) is 8.42 Å². The molecule has 0 unspecified atom stereocenters. The van der Waals surface area contributed by atoms with Crippen LogP contribution in [-0.4, -0.2) is 28.3 Å². The molecule has 1 aliphatic rings. The van der Waals surface area contributed by atoms with Crippen LogP contribution in [0.25, 0.3) is 6.08 Å². The second-order valence-electron chi connectivity index (χ2n) is 4.81. The highest BCUT2D eigenvalue weighted by Crippen LogP contribution is 2.27. The minimum atomic E-state index is -3.46. The largest absolute Gasteiger partial charge is 0.374 e. The number of sulfone groups is 1. The summed E-state index contributed by atoms with van der Waals surface area (Å²) in [5, 5.41) is 8.90. The van der Waals surface area contributed by atoms with Crippen molar-refractivity contribution in [2.24, 2.45) is 0 Å². The molecular weight excluding hydrogens is 260 g/mol. The van der Waals surface area contributed by atoms with Crippen LogP contribution >= 0.6 is 0 Å². The van der Waals surface area contributed by atoms with Crippen molar-refractivity contribution in [1.29, 1.82) is 5.26 Å². The molecule has 100 valence electrons. The smallest absolute Gasteiger partial charge is 0.185 e. The lowest BCUT2D eigenvalue weighted by Gasteiger charge is -2.27. The summed E-state index contributed by atoms with van der Waals surface area (Å²) in [4.78, 5) is 1.99. The van der Waals surface area contributed by atoms with E-state index in [1.807, 2.05) is 25.2 Å². The van der Waals surface area contributed by atoms with Gasteiger partial charge in [0.25, 0.3) is 0 Å². The van der Waals surface area contributed by atoms with Crippen LogP contribution in [0.5, 0.6) is 0 Å². The average molecular weight is 276 g/mol. The van der Waals surface area contributed by atoms with E-state index in [4.69, 9.17) is 5.26 Å². The van der Waals surface area contributed by atoms with Gasteiger partial charge < -0.3 is 4.90 Å². The number of hydrogen-bond donors (Lipinski definition) is 0. The second kappa shape index (κ2) is 5.06. The minimum Gasteiger partial charge on any atom is -0.374 e. The zero-order valence-corrected chi connectivity index (χ0v) is 11.9. The lowest BCUT2D eigenvalue weighted by Crippen LogP contribution is -2.24. The van der Waals surface area contributed by atoms with Gasteiger partial charge in [0.15, 0.2) is 9.84 Å². The molecule has 0 aliphatic carbocycles. The normalized spacial score (nSPS) is 15.8. The first-order valence-electron chi connectivity index (χ1n) is 6.08. The molecule has 0 bridgehead atoms. The van der Waals surface area contributed by atoms with E-state index < -0.39 is 9.84 Å². The Labute approximate surface area is 113 Å². The summed E-state index contributed by atoms with van der Waals surface area (Å²) in [7, 11) is -1.41. The van der Waals surface area contributed by atoms with E-state index in [0.29, 0.717) is 0 Å². The summed E-state index contributed by atoms with van der Waals surface area (Å²) in [5.41, 5.74) is 3.14. The average Bonchev–Trinajstić information content (AvgIpc) is 2.34. The second-order valence-corrected chi connectivity index (χ2v) is 6.79. The van der Waals surface area contributed by atoms with Crippen LogP contribution < -0.4 is 4.90 Å². The standard InChI is InChI=1S/C14H16N2O2S/c1-16-7-3-4-12-8-11(5-6-14(12)16)9-13(10-15)19(2,17)18/h5-6,8-9H,3-4,7H2,1-2H3/b13-9-. The molecular formula is C14H16N2O2S. The minimum absolute atomic E-state index is 0.198. The van der Waals surface area contributed by atoms with E-state index in [9.17, 15) is 8.42 Å². The Kier molecular flexibility index (Phi) is 3.63. The SMILES string of the molecule is CN1CCCc2cc(/C=C(/C#N)S(C)(=O)=O)ccc21. The van der Waals surface area contributed by atoms with Gasteiger partial charge in [-0.05, 0) is 42.2 Å². The third kappa shape index (κ3) is 2.96. The van der Waals surface area contributed by atoms with E-state index in [0.717, 1.165) is 31.2 Å². The van der Waals surface area contributed by atoms with Crippen molar-refractivity contribution < 1.29 is 8.42 Å². The maximum absolute atomic E-state index is 11.4. The Morgan fingerprint density at radius 3 is 2.84 bits per heavy atom. The molecule has 0 saturated carbocycles. The molecule has 5 heteroatoms. The highest BCUT2D eigenvalue weighted by molar-refractivity contribution is 7.95. The van der Waals surface area contributed by atoms with E-state index >= 15 is 0 Å². The summed E-state index contributed by atoms with van der Waals surface area (Å²) in [6.07, 6.45) is 4.56. The molecule has 1 aliphatic heterocycles. The maximum atomic E-state index is 11.4. The van der Waals surface area contributed by atoms with Gasteiger partial charge in [-0.15, -0.1) is 0 Å². The van der Waals surface area contributed by atoms with E-state index in [1.165, 1.54) is 17.3 Å². The molecule has 0 fully saturated rings. The predicted octanol–water partition coefficient (Wildman–Crippen LogP) is 1.98. The lowest BCUT2D eigenvalue weighted by atomic mass is 9.99. The van der Waals surface area contributed by atoms with Crippen LogP contribution in [0.2, 0.25) is 0 Å². The molecule has 1 aromatic rings. The first-order valence-corrected chi connectivity index (χ1v) is 7.97. The Balaban J connectivity index is 2.44. The number of fused-ring (bicyclic) bond motifs is 1. The fourth-order valence-corrected chi connectivity index (χ4v) is 2.78. The van der Waals surface area contributed by atoms with Crippen LogP contribution in [0.15, 0.2) is 23.1 Å². The molecule has 1 heterocycles. The fraction of sp³-hybridized carbons (Fsp3) is 0.357. The predicted molar refractivity (Wildman–Crippen MR) is 76.5 cm³/mol. The van der Waals surface area contributed by atoms with Gasteiger partial charge in [0.1, 0.15) is 11.0 Å². The maximum Gasteiger partial charge on any atom is 0.185 e. The molecule has 0 atom stereocenters. The van der Waals surface area contributed by atoms with Gasteiger partial charge in [-0.3, -0.25) is 0 Å². The zero-order chi connectivity index (χ0) is 14.0. The van der Waals surface area contributed by atoms with Crippen molar-refractivity contribution in [2.45, 2.75) is 12.8 Å². The molecule has 0 amide bonds. The number of hydrogen-bond acceptors (Lipinski definition) is 4. The van der Waals surface area contributed by atoms with Crippen LogP contribution in [0.1, 0.15) is 17.5 Å². The highest BCUT2D eigenvalue weighted by atomic mass is 32.2. The summed E-state index contributed by atoms with van der Waals surface area (Å²) >= 11 is 0. The van der Waals surface area contributed by atoms with Crippen molar-refractivity contribution in [2.75, 3.05) is 24.7 Å². The third-order valence-corrected chi connectivity index (χ3v) is 4.27. The van der Waals surface area contributed by atoms with Crippen LogP contribution in [0.4, 0.5) is 5.69 Å². The highest BCUT2D eigenvalue weighted by Gasteiger charge is 2.15. The molecule has 4 nitrogen and oxygen atoms in total. The van der Waals surface area contributed by atoms with E-state index in [-0.39, 0.29) is 4.91 Å². The van der Waals surface area contributed by atoms with E-state index in [2.05, 4.69) is 4.90 Å². The molecule has 0 radical (unpaired) electrons. The van der Waals surface area contributed by atoms with Crippen LogP contribution in [0, 0.1) is 11.3 Å². The Morgan fingerprint density at radius 1 is 1.47 bits per heavy atom. The number of nitriles is 1. The molecule has 0 N–H and O–H groups in total. The fourth-order valence-electron chi connectivity index (χ4n) is 2.27. The van der Waals surface area contributed by atoms with Crippen molar-refractivity contribution >= 4 is 21.6 Å². The topological polar surface area (TPSA) is 61.2 Å². The van der Waals surface area contributed by atoms with Crippen molar-refractivity contribution in [3.63, 3.8) is 0 Å². The lowest BCUT2D eigenvalue weighted by molar-refractivity contribution is 0.609. The van der Waals surface area contributed by atoms with Crippen LogP contribution in [0.3, 0.4) is 0 Å².